The second kappa shape index (κ2) is 6.36. The highest BCUT2D eigenvalue weighted by molar-refractivity contribution is 5.14. The third kappa shape index (κ3) is 4.19. The van der Waals surface area contributed by atoms with E-state index in [0.717, 1.165) is 25.6 Å². The summed E-state index contributed by atoms with van der Waals surface area (Å²) in [4.78, 5) is 2.57. The highest BCUT2D eigenvalue weighted by Gasteiger charge is 2.20. The topological polar surface area (TPSA) is 15.3 Å². The zero-order valence-corrected chi connectivity index (χ0v) is 11.6. The van der Waals surface area contributed by atoms with Crippen molar-refractivity contribution in [1.29, 1.82) is 0 Å². The van der Waals surface area contributed by atoms with Crippen molar-refractivity contribution in [2.24, 2.45) is 5.92 Å². The maximum atomic E-state index is 3.64. The Morgan fingerprint density at radius 2 is 2.05 bits per heavy atom. The molecule has 19 heavy (non-hydrogen) atoms. The Morgan fingerprint density at radius 3 is 2.84 bits per heavy atom. The minimum atomic E-state index is 0.632. The van der Waals surface area contributed by atoms with Gasteiger partial charge in [-0.25, -0.2) is 0 Å². The molecule has 2 fully saturated rings. The molecule has 1 N–H and O–H groups in total. The second-order valence-corrected chi connectivity index (χ2v) is 5.87. The van der Waals surface area contributed by atoms with Gasteiger partial charge in [-0.2, -0.15) is 0 Å². The number of hydrogen-bond donors (Lipinski definition) is 1. The third-order valence-corrected chi connectivity index (χ3v) is 4.04. The lowest BCUT2D eigenvalue weighted by Crippen LogP contribution is -2.49. The number of benzene rings is 1. The van der Waals surface area contributed by atoms with E-state index in [2.05, 4.69) is 52.7 Å². The number of nitrogens with zero attached hydrogens (tertiary/aromatic N) is 1. The van der Waals surface area contributed by atoms with Crippen LogP contribution in [0.4, 0.5) is 0 Å². The molecule has 1 aromatic rings. The van der Waals surface area contributed by atoms with E-state index in [1.165, 1.54) is 31.4 Å². The summed E-state index contributed by atoms with van der Waals surface area (Å²) in [6, 6.07) is 11.4. The molecule has 1 aromatic carbocycles. The monoisotopic (exact) mass is 256 g/mol. The van der Waals surface area contributed by atoms with Gasteiger partial charge in [0.1, 0.15) is 0 Å². The highest BCUT2D eigenvalue weighted by Crippen LogP contribution is 2.30. The molecule has 0 bridgehead atoms. The van der Waals surface area contributed by atoms with Crippen molar-refractivity contribution in [3.05, 3.63) is 48.0 Å². The van der Waals surface area contributed by atoms with Crippen LogP contribution >= 0.6 is 0 Å². The van der Waals surface area contributed by atoms with E-state index in [9.17, 15) is 0 Å². The van der Waals surface area contributed by atoms with Gasteiger partial charge in [0.15, 0.2) is 0 Å². The van der Waals surface area contributed by atoms with Crippen LogP contribution in [0.25, 0.3) is 0 Å². The van der Waals surface area contributed by atoms with Crippen LogP contribution in [0.1, 0.15) is 24.8 Å². The van der Waals surface area contributed by atoms with Crippen LogP contribution in [-0.4, -0.2) is 30.6 Å². The molecule has 2 nitrogen and oxygen atoms in total. The van der Waals surface area contributed by atoms with Crippen molar-refractivity contribution >= 4 is 0 Å². The van der Waals surface area contributed by atoms with Crippen LogP contribution in [0.15, 0.2) is 42.5 Å². The standard InChI is InChI=1S/C17H24N2/c1-2-5-16(6-3-1)13-19-12-11-18-17(14-19)8-4-7-15-9-10-15/h1-7,15,17-18H,8-14H2/b7-4+. The van der Waals surface area contributed by atoms with Gasteiger partial charge in [0.05, 0.1) is 0 Å². The molecule has 1 aliphatic carbocycles. The van der Waals surface area contributed by atoms with Gasteiger partial charge in [-0.05, 0) is 30.7 Å². The van der Waals surface area contributed by atoms with Gasteiger partial charge in [-0.15, -0.1) is 0 Å². The fourth-order valence-corrected chi connectivity index (χ4v) is 2.76. The molecule has 1 heterocycles. The number of piperazine rings is 1. The third-order valence-electron chi connectivity index (χ3n) is 4.04. The zero-order chi connectivity index (χ0) is 12.9. The number of rotatable bonds is 5. The van der Waals surface area contributed by atoms with Gasteiger partial charge in [0.2, 0.25) is 0 Å². The fourth-order valence-electron chi connectivity index (χ4n) is 2.76. The second-order valence-electron chi connectivity index (χ2n) is 5.87. The lowest BCUT2D eigenvalue weighted by atomic mass is 10.1. The molecule has 0 radical (unpaired) electrons. The Balaban J connectivity index is 1.47. The van der Waals surface area contributed by atoms with E-state index in [1.807, 2.05) is 0 Å². The predicted octanol–water partition coefficient (Wildman–Crippen LogP) is 2.82. The average Bonchev–Trinajstić information content (AvgIpc) is 3.25. The minimum absolute atomic E-state index is 0.632. The van der Waals surface area contributed by atoms with Crippen molar-refractivity contribution in [1.82, 2.24) is 10.2 Å². The SMILES string of the molecule is C(=C\C1CC1)/CC1CN(Cc2ccccc2)CCN1. The molecular formula is C17H24N2. The molecular weight excluding hydrogens is 232 g/mol. The van der Waals surface area contributed by atoms with Crippen LogP contribution in [0.5, 0.6) is 0 Å². The first-order valence-electron chi connectivity index (χ1n) is 7.56. The van der Waals surface area contributed by atoms with Crippen molar-refractivity contribution in [2.45, 2.75) is 31.8 Å². The van der Waals surface area contributed by atoms with Crippen LogP contribution in [0.2, 0.25) is 0 Å². The number of allylic oxidation sites excluding steroid dienone is 1. The lowest BCUT2D eigenvalue weighted by Gasteiger charge is -2.33. The van der Waals surface area contributed by atoms with Crippen molar-refractivity contribution in [2.75, 3.05) is 19.6 Å². The lowest BCUT2D eigenvalue weighted by molar-refractivity contribution is 0.193. The van der Waals surface area contributed by atoms with Gasteiger partial charge < -0.3 is 5.32 Å². The first-order valence-corrected chi connectivity index (χ1v) is 7.56. The number of nitrogens with one attached hydrogen (secondary N) is 1. The molecule has 0 aromatic heterocycles. The normalized spacial score (nSPS) is 24.9. The van der Waals surface area contributed by atoms with E-state index in [-0.39, 0.29) is 0 Å². The molecule has 0 spiro atoms. The Labute approximate surface area is 116 Å². The average molecular weight is 256 g/mol. The van der Waals surface area contributed by atoms with Crippen LogP contribution in [0.3, 0.4) is 0 Å². The maximum Gasteiger partial charge on any atom is 0.0234 e. The van der Waals surface area contributed by atoms with E-state index >= 15 is 0 Å². The summed E-state index contributed by atoms with van der Waals surface area (Å²) in [5, 5.41) is 3.64. The molecule has 1 saturated carbocycles. The molecule has 2 aliphatic rings. The summed E-state index contributed by atoms with van der Waals surface area (Å²) >= 11 is 0. The van der Waals surface area contributed by atoms with Crippen LogP contribution in [0, 0.1) is 5.92 Å². The quantitative estimate of drug-likeness (QED) is 0.815. The van der Waals surface area contributed by atoms with E-state index in [4.69, 9.17) is 0 Å². The minimum Gasteiger partial charge on any atom is -0.311 e. The zero-order valence-electron chi connectivity index (χ0n) is 11.6. The smallest absolute Gasteiger partial charge is 0.0234 e. The van der Waals surface area contributed by atoms with Gasteiger partial charge in [-0.3, -0.25) is 4.90 Å². The summed E-state index contributed by atoms with van der Waals surface area (Å²) in [7, 11) is 0. The van der Waals surface area contributed by atoms with Crippen molar-refractivity contribution in [3.8, 4) is 0 Å². The Morgan fingerprint density at radius 1 is 1.21 bits per heavy atom. The van der Waals surface area contributed by atoms with Gasteiger partial charge in [-0.1, -0.05) is 42.5 Å². The van der Waals surface area contributed by atoms with E-state index < -0.39 is 0 Å². The van der Waals surface area contributed by atoms with E-state index in [0.29, 0.717) is 6.04 Å². The fraction of sp³-hybridized carbons (Fsp3) is 0.529. The molecule has 1 unspecified atom stereocenters. The van der Waals surface area contributed by atoms with Crippen LogP contribution < -0.4 is 5.32 Å². The summed E-state index contributed by atoms with van der Waals surface area (Å²) in [6.07, 6.45) is 8.81. The first kappa shape index (κ1) is 12.9. The van der Waals surface area contributed by atoms with Gasteiger partial charge >= 0.3 is 0 Å². The molecule has 1 saturated heterocycles. The summed E-state index contributed by atoms with van der Waals surface area (Å²) in [5.74, 6) is 0.906. The maximum absolute atomic E-state index is 3.64. The molecule has 2 heteroatoms. The highest BCUT2D eigenvalue weighted by atomic mass is 15.2. The summed E-state index contributed by atoms with van der Waals surface area (Å²) in [5.41, 5.74) is 1.43. The Kier molecular flexibility index (Phi) is 4.31. The Hall–Kier alpha value is -1.12. The van der Waals surface area contributed by atoms with Gasteiger partial charge in [0, 0.05) is 32.2 Å². The van der Waals surface area contributed by atoms with Crippen LogP contribution in [-0.2, 0) is 6.54 Å². The number of hydrogen-bond acceptors (Lipinski definition) is 2. The van der Waals surface area contributed by atoms with Crippen molar-refractivity contribution in [3.63, 3.8) is 0 Å². The summed E-state index contributed by atoms with van der Waals surface area (Å²) in [6.45, 7) is 4.54. The van der Waals surface area contributed by atoms with Gasteiger partial charge in [0.25, 0.3) is 0 Å². The first-order chi connectivity index (χ1) is 9.40. The van der Waals surface area contributed by atoms with E-state index in [1.54, 1.807) is 0 Å². The molecule has 102 valence electrons. The molecule has 0 amide bonds. The molecule has 3 rings (SSSR count). The summed E-state index contributed by atoms with van der Waals surface area (Å²) < 4.78 is 0. The Bertz CT molecular complexity index is 409. The predicted molar refractivity (Wildman–Crippen MR) is 80.0 cm³/mol. The van der Waals surface area contributed by atoms with Crippen molar-refractivity contribution < 1.29 is 0 Å². The molecule has 1 atom stereocenters. The molecule has 1 aliphatic heterocycles. The largest absolute Gasteiger partial charge is 0.311 e.